The van der Waals surface area contributed by atoms with Crippen LogP contribution in [0.25, 0.3) is 0 Å². The van der Waals surface area contributed by atoms with Gasteiger partial charge in [0.15, 0.2) is 0 Å². The van der Waals surface area contributed by atoms with Crippen molar-refractivity contribution in [2.24, 2.45) is 0 Å². The highest BCUT2D eigenvalue weighted by molar-refractivity contribution is 7.99. The van der Waals surface area contributed by atoms with E-state index in [2.05, 4.69) is 5.32 Å². The highest BCUT2D eigenvalue weighted by Crippen LogP contribution is 2.23. The summed E-state index contributed by atoms with van der Waals surface area (Å²) in [6.07, 6.45) is 0.974. The Labute approximate surface area is 120 Å². The fraction of sp³-hybridized carbons (Fsp3) is 0.357. The summed E-state index contributed by atoms with van der Waals surface area (Å²) >= 11 is 1.82. The van der Waals surface area contributed by atoms with Gasteiger partial charge in [-0.05, 0) is 30.4 Å². The van der Waals surface area contributed by atoms with E-state index in [0.29, 0.717) is 16.7 Å². The monoisotopic (exact) mass is 290 g/mol. The summed E-state index contributed by atoms with van der Waals surface area (Å²) in [4.78, 5) is 36.9. The molecule has 0 saturated carbocycles. The van der Waals surface area contributed by atoms with Crippen LogP contribution in [0.1, 0.15) is 37.5 Å². The van der Waals surface area contributed by atoms with Gasteiger partial charge in [-0.1, -0.05) is 0 Å². The number of nitrogens with zero attached hydrogens (tertiary/aromatic N) is 1. The Bertz CT molecular complexity index is 608. The first kappa shape index (κ1) is 13.2. The number of rotatable bonds is 2. The third kappa shape index (κ3) is 2.10. The van der Waals surface area contributed by atoms with Crippen LogP contribution in [-0.2, 0) is 0 Å². The van der Waals surface area contributed by atoms with Gasteiger partial charge in [0, 0.05) is 24.4 Å². The Kier molecular flexibility index (Phi) is 3.25. The molecule has 2 aliphatic rings. The quantitative estimate of drug-likeness (QED) is 0.830. The highest BCUT2D eigenvalue weighted by atomic mass is 32.2. The van der Waals surface area contributed by atoms with E-state index in [9.17, 15) is 14.4 Å². The molecule has 1 N–H and O–H groups in total. The minimum Gasteiger partial charge on any atom is -0.348 e. The van der Waals surface area contributed by atoms with Gasteiger partial charge in [0.05, 0.1) is 11.1 Å². The molecule has 0 unspecified atom stereocenters. The maximum atomic E-state index is 12.1. The normalized spacial score (nSPS) is 21.2. The van der Waals surface area contributed by atoms with Crippen molar-refractivity contribution in [3.05, 3.63) is 34.9 Å². The van der Waals surface area contributed by atoms with Crippen LogP contribution in [-0.4, -0.2) is 47.2 Å². The van der Waals surface area contributed by atoms with E-state index in [1.165, 1.54) is 13.1 Å². The number of benzene rings is 1. The number of thioether (sulfide) groups is 1. The molecule has 20 heavy (non-hydrogen) atoms. The number of carbonyl (C=O) groups excluding carboxylic acids is 3. The molecule has 1 atom stereocenters. The standard InChI is InChI=1S/C14H14N2O3S/c1-16-13(18)10-3-2-8(6-11(10)14(16)19)12(17)15-9-4-5-20-7-9/h2-3,6,9H,4-5,7H2,1H3,(H,15,17)/t9-/m1/s1. The van der Waals surface area contributed by atoms with Crippen LogP contribution in [0.3, 0.4) is 0 Å². The molecule has 2 heterocycles. The van der Waals surface area contributed by atoms with Crippen LogP contribution in [0.4, 0.5) is 0 Å². The van der Waals surface area contributed by atoms with Crippen LogP contribution in [0.5, 0.6) is 0 Å². The van der Waals surface area contributed by atoms with Crippen molar-refractivity contribution in [1.82, 2.24) is 10.2 Å². The molecule has 3 rings (SSSR count). The third-order valence-electron chi connectivity index (χ3n) is 3.62. The van der Waals surface area contributed by atoms with Gasteiger partial charge in [0.2, 0.25) is 0 Å². The van der Waals surface area contributed by atoms with E-state index in [0.717, 1.165) is 22.8 Å². The molecule has 3 amide bonds. The fourth-order valence-corrected chi connectivity index (χ4v) is 3.57. The van der Waals surface area contributed by atoms with Crippen molar-refractivity contribution in [1.29, 1.82) is 0 Å². The molecule has 1 fully saturated rings. The summed E-state index contributed by atoms with van der Waals surface area (Å²) in [5, 5.41) is 2.95. The average Bonchev–Trinajstić information content (AvgIpc) is 3.03. The first-order chi connectivity index (χ1) is 9.58. The van der Waals surface area contributed by atoms with E-state index in [1.54, 1.807) is 12.1 Å². The number of carbonyl (C=O) groups is 3. The summed E-state index contributed by atoms with van der Waals surface area (Å²) in [6, 6.07) is 4.86. The second kappa shape index (κ2) is 4.94. The van der Waals surface area contributed by atoms with Gasteiger partial charge in [-0.2, -0.15) is 11.8 Å². The zero-order valence-electron chi connectivity index (χ0n) is 11.0. The van der Waals surface area contributed by atoms with Crippen LogP contribution >= 0.6 is 11.8 Å². The molecule has 104 valence electrons. The van der Waals surface area contributed by atoms with Crippen molar-refractivity contribution < 1.29 is 14.4 Å². The van der Waals surface area contributed by atoms with Crippen molar-refractivity contribution in [2.45, 2.75) is 12.5 Å². The Balaban J connectivity index is 1.84. The summed E-state index contributed by atoms with van der Waals surface area (Å²) < 4.78 is 0. The molecule has 2 aliphatic heterocycles. The zero-order chi connectivity index (χ0) is 14.3. The first-order valence-electron chi connectivity index (χ1n) is 6.43. The molecule has 5 nitrogen and oxygen atoms in total. The van der Waals surface area contributed by atoms with Gasteiger partial charge < -0.3 is 5.32 Å². The van der Waals surface area contributed by atoms with Crippen molar-refractivity contribution >= 4 is 29.5 Å². The lowest BCUT2D eigenvalue weighted by molar-refractivity contribution is 0.0693. The largest absolute Gasteiger partial charge is 0.348 e. The van der Waals surface area contributed by atoms with Gasteiger partial charge in [-0.3, -0.25) is 19.3 Å². The molecule has 0 aliphatic carbocycles. The summed E-state index contributed by atoms with van der Waals surface area (Å²) in [6.45, 7) is 0. The number of imide groups is 1. The second-order valence-electron chi connectivity index (χ2n) is 4.96. The predicted octanol–water partition coefficient (Wildman–Crippen LogP) is 1.15. The van der Waals surface area contributed by atoms with Gasteiger partial charge in [-0.15, -0.1) is 0 Å². The minimum absolute atomic E-state index is 0.185. The molecule has 6 heteroatoms. The van der Waals surface area contributed by atoms with Crippen LogP contribution in [0, 0.1) is 0 Å². The number of hydrogen-bond acceptors (Lipinski definition) is 4. The smallest absolute Gasteiger partial charge is 0.261 e. The highest BCUT2D eigenvalue weighted by Gasteiger charge is 2.33. The SMILES string of the molecule is CN1C(=O)c2ccc(C(=O)N[C@@H]3CCSC3)cc2C1=O. The lowest BCUT2D eigenvalue weighted by atomic mass is 10.0. The molecule has 1 aromatic rings. The van der Waals surface area contributed by atoms with Crippen LogP contribution in [0.2, 0.25) is 0 Å². The van der Waals surface area contributed by atoms with E-state index < -0.39 is 0 Å². The average molecular weight is 290 g/mol. The summed E-state index contributed by atoms with van der Waals surface area (Å²) in [7, 11) is 1.44. The number of fused-ring (bicyclic) bond motifs is 1. The van der Waals surface area contributed by atoms with Gasteiger partial charge in [0.1, 0.15) is 0 Å². The van der Waals surface area contributed by atoms with Gasteiger partial charge >= 0.3 is 0 Å². The Morgan fingerprint density at radius 3 is 2.75 bits per heavy atom. The van der Waals surface area contributed by atoms with Crippen LogP contribution < -0.4 is 5.32 Å². The Morgan fingerprint density at radius 1 is 1.30 bits per heavy atom. The molecule has 1 aromatic carbocycles. The molecule has 1 saturated heterocycles. The van der Waals surface area contributed by atoms with Crippen LogP contribution in [0.15, 0.2) is 18.2 Å². The van der Waals surface area contributed by atoms with Gasteiger partial charge in [-0.25, -0.2) is 0 Å². The van der Waals surface area contributed by atoms with E-state index in [1.807, 2.05) is 11.8 Å². The lowest BCUT2D eigenvalue weighted by Crippen LogP contribution is -2.34. The summed E-state index contributed by atoms with van der Waals surface area (Å²) in [5.41, 5.74) is 1.11. The minimum atomic E-state index is -0.351. The lowest BCUT2D eigenvalue weighted by Gasteiger charge is -2.11. The molecular formula is C14H14N2O3S. The Hall–Kier alpha value is -1.82. The maximum absolute atomic E-state index is 12.1. The topological polar surface area (TPSA) is 66.5 Å². The van der Waals surface area contributed by atoms with E-state index in [4.69, 9.17) is 0 Å². The number of amides is 3. The van der Waals surface area contributed by atoms with Crippen molar-refractivity contribution in [3.8, 4) is 0 Å². The maximum Gasteiger partial charge on any atom is 0.261 e. The molecule has 0 radical (unpaired) electrons. The zero-order valence-corrected chi connectivity index (χ0v) is 11.8. The predicted molar refractivity (Wildman–Crippen MR) is 76.1 cm³/mol. The molecule has 0 aromatic heterocycles. The number of hydrogen-bond donors (Lipinski definition) is 1. The molecular weight excluding hydrogens is 276 g/mol. The first-order valence-corrected chi connectivity index (χ1v) is 7.58. The Morgan fingerprint density at radius 2 is 2.05 bits per heavy atom. The van der Waals surface area contributed by atoms with Gasteiger partial charge in [0.25, 0.3) is 17.7 Å². The van der Waals surface area contributed by atoms with Crippen molar-refractivity contribution in [3.63, 3.8) is 0 Å². The number of nitrogens with one attached hydrogen (secondary N) is 1. The van der Waals surface area contributed by atoms with E-state index in [-0.39, 0.29) is 23.8 Å². The second-order valence-corrected chi connectivity index (χ2v) is 6.11. The van der Waals surface area contributed by atoms with E-state index >= 15 is 0 Å². The third-order valence-corrected chi connectivity index (χ3v) is 4.78. The van der Waals surface area contributed by atoms with Crippen molar-refractivity contribution in [2.75, 3.05) is 18.6 Å². The molecule has 0 spiro atoms. The fourth-order valence-electron chi connectivity index (χ4n) is 2.42. The molecule has 0 bridgehead atoms. The summed E-state index contributed by atoms with van der Waals surface area (Å²) in [5.74, 6) is 1.14.